The van der Waals surface area contributed by atoms with Crippen LogP contribution in [0, 0.1) is 0 Å². The van der Waals surface area contributed by atoms with E-state index in [1.807, 2.05) is 24.3 Å². The summed E-state index contributed by atoms with van der Waals surface area (Å²) in [5.74, 6) is 0.0847. The summed E-state index contributed by atoms with van der Waals surface area (Å²) in [6.07, 6.45) is 13.8. The van der Waals surface area contributed by atoms with Crippen molar-refractivity contribution >= 4 is 11.6 Å². The van der Waals surface area contributed by atoms with Crippen LogP contribution in [0.5, 0.6) is 0 Å². The number of nitrogens with one attached hydrogen (secondary N) is 2. The third kappa shape index (κ3) is 3.63. The first kappa shape index (κ1) is 15.4. The quantitative estimate of drug-likeness (QED) is 0.719. The number of carbonyl (C=O) groups excluding carboxylic acids is 1. The summed E-state index contributed by atoms with van der Waals surface area (Å²) in [5.41, 5.74) is 1.54. The maximum Gasteiger partial charge on any atom is 0.255 e. The number of para-hydroxylation sites is 1. The summed E-state index contributed by atoms with van der Waals surface area (Å²) in [7, 11) is 0. The molecule has 1 aliphatic heterocycles. The molecule has 0 radical (unpaired) electrons. The molecule has 3 nitrogen and oxygen atoms in total. The van der Waals surface area contributed by atoms with E-state index in [2.05, 4.69) is 10.6 Å². The van der Waals surface area contributed by atoms with Crippen LogP contribution in [-0.4, -0.2) is 11.6 Å². The van der Waals surface area contributed by atoms with Crippen molar-refractivity contribution in [2.24, 2.45) is 0 Å². The van der Waals surface area contributed by atoms with E-state index in [9.17, 15) is 4.79 Å². The number of anilines is 1. The van der Waals surface area contributed by atoms with Crippen LogP contribution >= 0.6 is 0 Å². The summed E-state index contributed by atoms with van der Waals surface area (Å²) in [4.78, 5) is 12.5. The summed E-state index contributed by atoms with van der Waals surface area (Å²) >= 11 is 0. The zero-order valence-electron chi connectivity index (χ0n) is 13.5. The molecular weight excluding hydrogens is 272 g/mol. The molecule has 120 valence electrons. The molecule has 0 atom stereocenters. The summed E-state index contributed by atoms with van der Waals surface area (Å²) in [6, 6.07) is 7.87. The minimum absolute atomic E-state index is 0.0847. The Kier molecular flexibility index (Phi) is 5.01. The molecule has 3 rings (SSSR count). The molecule has 2 N–H and O–H groups in total. The van der Waals surface area contributed by atoms with E-state index < -0.39 is 0 Å². The molecule has 0 aromatic heterocycles. The predicted octanol–water partition coefficient (Wildman–Crippen LogP) is 4.84. The van der Waals surface area contributed by atoms with Crippen LogP contribution < -0.4 is 10.6 Å². The molecule has 3 heteroatoms. The monoisotopic (exact) mass is 300 g/mol. The highest BCUT2D eigenvalue weighted by atomic mass is 16.2. The van der Waals surface area contributed by atoms with Crippen LogP contribution in [0.4, 0.5) is 5.69 Å². The molecule has 1 saturated carbocycles. The number of rotatable bonds is 0. The van der Waals surface area contributed by atoms with Crippen molar-refractivity contribution in [2.75, 3.05) is 5.32 Å². The molecule has 1 aromatic carbocycles. The van der Waals surface area contributed by atoms with E-state index >= 15 is 0 Å². The number of carbonyl (C=O) groups is 1. The van der Waals surface area contributed by atoms with Gasteiger partial charge in [-0.3, -0.25) is 4.79 Å². The lowest BCUT2D eigenvalue weighted by molar-refractivity contribution is 0.0886. The summed E-state index contributed by atoms with van der Waals surface area (Å²) in [6.45, 7) is 0. The predicted molar refractivity (Wildman–Crippen MR) is 91.0 cm³/mol. The maximum absolute atomic E-state index is 12.5. The molecule has 1 spiro atoms. The minimum atomic E-state index is -0.232. The van der Waals surface area contributed by atoms with E-state index in [1.165, 1.54) is 57.8 Å². The van der Waals surface area contributed by atoms with Gasteiger partial charge in [-0.05, 0) is 37.8 Å². The lowest BCUT2D eigenvalue weighted by Gasteiger charge is -2.41. The number of amides is 1. The zero-order valence-corrected chi connectivity index (χ0v) is 13.5. The Morgan fingerprint density at radius 1 is 0.727 bits per heavy atom. The van der Waals surface area contributed by atoms with E-state index in [0.29, 0.717) is 0 Å². The van der Waals surface area contributed by atoms with Gasteiger partial charge in [-0.15, -0.1) is 0 Å². The first-order chi connectivity index (χ1) is 10.8. The van der Waals surface area contributed by atoms with Gasteiger partial charge in [-0.2, -0.15) is 0 Å². The smallest absolute Gasteiger partial charge is 0.255 e. The third-order valence-corrected chi connectivity index (χ3v) is 5.11. The molecule has 1 aliphatic carbocycles. The minimum Gasteiger partial charge on any atom is -0.362 e. The molecule has 22 heavy (non-hydrogen) atoms. The molecule has 2 aliphatic rings. The normalized spacial score (nSPS) is 22.6. The largest absolute Gasteiger partial charge is 0.362 e. The molecule has 0 unspecified atom stereocenters. The van der Waals surface area contributed by atoms with Crippen LogP contribution in [0.15, 0.2) is 24.3 Å². The van der Waals surface area contributed by atoms with Crippen molar-refractivity contribution in [3.05, 3.63) is 29.8 Å². The number of fused-ring (bicyclic) bond motifs is 1. The second-order valence-electron chi connectivity index (χ2n) is 6.89. The average Bonchev–Trinajstić information content (AvgIpc) is 2.51. The molecule has 1 aromatic rings. The molecule has 0 bridgehead atoms. The topological polar surface area (TPSA) is 41.1 Å². The van der Waals surface area contributed by atoms with Crippen molar-refractivity contribution in [3.8, 4) is 0 Å². The fourth-order valence-electron chi connectivity index (χ4n) is 3.83. The Morgan fingerprint density at radius 2 is 1.27 bits per heavy atom. The van der Waals surface area contributed by atoms with Gasteiger partial charge in [-0.1, -0.05) is 57.1 Å². The maximum atomic E-state index is 12.5. The SMILES string of the molecule is O=C1NC2(CCCCCCCCCCC2)Nc2ccccc21. The van der Waals surface area contributed by atoms with Crippen molar-refractivity contribution in [3.63, 3.8) is 0 Å². The molecule has 1 fully saturated rings. The molecule has 1 heterocycles. The van der Waals surface area contributed by atoms with Gasteiger partial charge in [-0.25, -0.2) is 0 Å². The Bertz CT molecular complexity index is 500. The van der Waals surface area contributed by atoms with E-state index in [1.54, 1.807) is 0 Å². The summed E-state index contributed by atoms with van der Waals surface area (Å²) < 4.78 is 0. The van der Waals surface area contributed by atoms with Gasteiger partial charge in [0.2, 0.25) is 0 Å². The highest BCUT2D eigenvalue weighted by Crippen LogP contribution is 2.32. The van der Waals surface area contributed by atoms with Gasteiger partial charge in [0.05, 0.1) is 5.56 Å². The van der Waals surface area contributed by atoms with Crippen molar-refractivity contribution < 1.29 is 4.79 Å². The van der Waals surface area contributed by atoms with Gasteiger partial charge in [0, 0.05) is 5.69 Å². The summed E-state index contributed by atoms with van der Waals surface area (Å²) in [5, 5.41) is 6.95. The third-order valence-electron chi connectivity index (χ3n) is 5.11. The molecule has 0 saturated heterocycles. The highest BCUT2D eigenvalue weighted by molar-refractivity contribution is 6.02. The van der Waals surface area contributed by atoms with Gasteiger partial charge in [0.15, 0.2) is 0 Å². The number of hydrogen-bond acceptors (Lipinski definition) is 2. The number of hydrogen-bond donors (Lipinski definition) is 2. The first-order valence-corrected chi connectivity index (χ1v) is 8.99. The van der Waals surface area contributed by atoms with E-state index in [4.69, 9.17) is 0 Å². The Hall–Kier alpha value is -1.51. The van der Waals surface area contributed by atoms with Crippen molar-refractivity contribution in [1.29, 1.82) is 0 Å². The fraction of sp³-hybridized carbons (Fsp3) is 0.632. The van der Waals surface area contributed by atoms with Gasteiger partial charge < -0.3 is 10.6 Å². The second kappa shape index (κ2) is 7.17. The Morgan fingerprint density at radius 3 is 1.91 bits per heavy atom. The van der Waals surface area contributed by atoms with Crippen LogP contribution in [0.1, 0.15) is 81.0 Å². The Labute approximate surface area is 133 Å². The van der Waals surface area contributed by atoms with Gasteiger partial charge in [0.1, 0.15) is 5.66 Å². The lowest BCUT2D eigenvalue weighted by Crippen LogP contribution is -2.57. The van der Waals surface area contributed by atoms with Crippen molar-refractivity contribution in [1.82, 2.24) is 5.32 Å². The molecule has 1 amide bonds. The van der Waals surface area contributed by atoms with Crippen LogP contribution in [0.2, 0.25) is 0 Å². The average molecular weight is 300 g/mol. The van der Waals surface area contributed by atoms with E-state index in [-0.39, 0.29) is 11.6 Å². The van der Waals surface area contributed by atoms with Crippen LogP contribution in [0.3, 0.4) is 0 Å². The second-order valence-corrected chi connectivity index (χ2v) is 6.89. The van der Waals surface area contributed by atoms with Crippen LogP contribution in [0.25, 0.3) is 0 Å². The van der Waals surface area contributed by atoms with Gasteiger partial charge in [0.25, 0.3) is 5.91 Å². The highest BCUT2D eigenvalue weighted by Gasteiger charge is 2.36. The van der Waals surface area contributed by atoms with Crippen LogP contribution in [-0.2, 0) is 0 Å². The first-order valence-electron chi connectivity index (χ1n) is 8.99. The van der Waals surface area contributed by atoms with E-state index in [0.717, 1.165) is 24.1 Å². The number of benzene rings is 1. The Balaban J connectivity index is 1.75. The fourth-order valence-corrected chi connectivity index (χ4v) is 3.83. The molecular formula is C19H28N2O. The van der Waals surface area contributed by atoms with Crippen molar-refractivity contribution in [2.45, 2.75) is 76.3 Å². The lowest BCUT2D eigenvalue weighted by atomic mass is 9.90. The zero-order chi connectivity index (χ0) is 15.3. The standard InChI is InChI=1S/C19H28N2O/c22-18-16-12-8-9-13-17(16)20-19(21-18)14-10-6-4-2-1-3-5-7-11-15-19/h8-9,12-13,20H,1-7,10-11,14-15H2,(H,21,22). The van der Waals surface area contributed by atoms with Gasteiger partial charge >= 0.3 is 0 Å².